The Bertz CT molecular complexity index is 992. The Hall–Kier alpha value is -3.17. The van der Waals surface area contributed by atoms with Gasteiger partial charge >= 0.3 is 0 Å². The van der Waals surface area contributed by atoms with Crippen molar-refractivity contribution in [3.05, 3.63) is 62.7 Å². The van der Waals surface area contributed by atoms with Crippen molar-refractivity contribution in [1.29, 1.82) is 0 Å². The van der Waals surface area contributed by atoms with Gasteiger partial charge in [0.1, 0.15) is 5.02 Å². The van der Waals surface area contributed by atoms with E-state index in [0.717, 1.165) is 25.7 Å². The molecule has 0 bridgehead atoms. The van der Waals surface area contributed by atoms with Gasteiger partial charge in [-0.25, -0.2) is 0 Å². The van der Waals surface area contributed by atoms with Crippen molar-refractivity contribution < 1.29 is 14.5 Å². The molecule has 0 saturated heterocycles. The van der Waals surface area contributed by atoms with Crippen molar-refractivity contribution in [3.8, 4) is 0 Å². The highest BCUT2D eigenvalue weighted by Crippen LogP contribution is 2.27. The number of nitrogens with one attached hydrogen (secondary N) is 2. The lowest BCUT2D eigenvalue weighted by atomic mass is 10.1. The summed E-state index contributed by atoms with van der Waals surface area (Å²) in [7, 11) is 3.65. The normalized spacial score (nSPS) is 10.7. The van der Waals surface area contributed by atoms with Gasteiger partial charge in [0.15, 0.2) is 0 Å². The Morgan fingerprint density at radius 1 is 1.06 bits per heavy atom. The molecule has 0 saturated carbocycles. The number of carbonyl (C=O) groups excluding carboxylic acids is 2. The van der Waals surface area contributed by atoms with Gasteiger partial charge in [-0.05, 0) is 43.4 Å². The molecule has 0 spiro atoms. The molecule has 2 aromatic carbocycles. The molecule has 0 aliphatic heterocycles. The number of nitro groups is 1. The molecule has 0 radical (unpaired) electrons. The minimum atomic E-state index is -0.647. The summed E-state index contributed by atoms with van der Waals surface area (Å²) in [5, 5.41) is 16.6. The van der Waals surface area contributed by atoms with E-state index in [-0.39, 0.29) is 22.2 Å². The Morgan fingerprint density at radius 2 is 1.75 bits per heavy atom. The molecule has 2 aromatic rings. The number of benzene rings is 2. The summed E-state index contributed by atoms with van der Waals surface area (Å²) in [6, 6.07) is 8.82. The average molecular weight is 462 g/mol. The van der Waals surface area contributed by atoms with Crippen LogP contribution in [0.2, 0.25) is 5.02 Å². The highest BCUT2D eigenvalue weighted by molar-refractivity contribution is 6.32. The van der Waals surface area contributed by atoms with Crippen LogP contribution in [0, 0.1) is 10.1 Å². The number of likely N-dealkylation sites (N-methyl/N-ethyl adjacent to an activating group) is 1. The first kappa shape index (κ1) is 25.1. The average Bonchev–Trinajstić information content (AvgIpc) is 2.76. The van der Waals surface area contributed by atoms with Crippen LogP contribution in [0.15, 0.2) is 36.4 Å². The zero-order valence-corrected chi connectivity index (χ0v) is 19.4. The SMILES string of the molecule is CCN(CC)CCNC(=O)c1cc(NC(=O)c2ccc(Cl)c([N+](=O)[O-])c2)ccc1N(C)C. The molecule has 0 aromatic heterocycles. The summed E-state index contributed by atoms with van der Waals surface area (Å²) < 4.78 is 0. The van der Waals surface area contributed by atoms with Crippen LogP contribution in [0.1, 0.15) is 34.6 Å². The number of amides is 2. The number of nitro benzene ring substituents is 1. The van der Waals surface area contributed by atoms with E-state index < -0.39 is 10.8 Å². The summed E-state index contributed by atoms with van der Waals surface area (Å²) in [4.78, 5) is 39.9. The van der Waals surface area contributed by atoms with Crippen LogP contribution in [0.5, 0.6) is 0 Å². The Kier molecular flexibility index (Phi) is 8.98. The van der Waals surface area contributed by atoms with Crippen LogP contribution in [0.4, 0.5) is 17.1 Å². The van der Waals surface area contributed by atoms with E-state index in [2.05, 4.69) is 29.4 Å². The number of anilines is 2. The van der Waals surface area contributed by atoms with Gasteiger partial charge in [0.05, 0.1) is 10.5 Å². The fourth-order valence-corrected chi connectivity index (χ4v) is 3.33. The zero-order valence-electron chi connectivity index (χ0n) is 18.6. The molecular weight excluding hydrogens is 434 g/mol. The smallest absolute Gasteiger partial charge is 0.288 e. The number of carbonyl (C=O) groups is 2. The van der Waals surface area contributed by atoms with Crippen molar-refractivity contribution in [2.24, 2.45) is 0 Å². The molecule has 172 valence electrons. The second-order valence-corrected chi connectivity index (χ2v) is 7.69. The molecule has 0 heterocycles. The Labute approximate surface area is 192 Å². The quantitative estimate of drug-likeness (QED) is 0.413. The number of rotatable bonds is 10. The molecule has 2 rings (SSSR count). The highest BCUT2D eigenvalue weighted by atomic mass is 35.5. The van der Waals surface area contributed by atoms with E-state index in [0.29, 0.717) is 23.5 Å². The lowest BCUT2D eigenvalue weighted by Crippen LogP contribution is -2.35. The second kappa shape index (κ2) is 11.4. The Balaban J connectivity index is 2.21. The highest BCUT2D eigenvalue weighted by Gasteiger charge is 2.18. The van der Waals surface area contributed by atoms with Crippen LogP contribution < -0.4 is 15.5 Å². The maximum atomic E-state index is 12.8. The van der Waals surface area contributed by atoms with Crippen LogP contribution in [0.25, 0.3) is 0 Å². The van der Waals surface area contributed by atoms with E-state index in [1.807, 2.05) is 19.0 Å². The lowest BCUT2D eigenvalue weighted by Gasteiger charge is -2.20. The van der Waals surface area contributed by atoms with Crippen molar-refractivity contribution >= 4 is 40.5 Å². The largest absolute Gasteiger partial charge is 0.377 e. The first-order valence-electron chi connectivity index (χ1n) is 10.2. The van der Waals surface area contributed by atoms with E-state index in [4.69, 9.17) is 11.6 Å². The minimum Gasteiger partial charge on any atom is -0.377 e. The molecule has 10 heteroatoms. The van der Waals surface area contributed by atoms with E-state index in [9.17, 15) is 19.7 Å². The maximum absolute atomic E-state index is 12.8. The molecule has 0 aliphatic carbocycles. The lowest BCUT2D eigenvalue weighted by molar-refractivity contribution is -0.384. The van der Waals surface area contributed by atoms with Crippen molar-refractivity contribution in [2.75, 3.05) is 50.5 Å². The van der Waals surface area contributed by atoms with Gasteiger partial charge in [-0.1, -0.05) is 25.4 Å². The molecule has 0 aliphatic rings. The fraction of sp³-hybridized carbons (Fsp3) is 0.364. The molecule has 0 fully saturated rings. The van der Waals surface area contributed by atoms with Crippen LogP contribution >= 0.6 is 11.6 Å². The van der Waals surface area contributed by atoms with Crippen molar-refractivity contribution in [2.45, 2.75) is 13.8 Å². The predicted molar refractivity (Wildman–Crippen MR) is 127 cm³/mol. The van der Waals surface area contributed by atoms with Crippen molar-refractivity contribution in [1.82, 2.24) is 10.2 Å². The van der Waals surface area contributed by atoms with Crippen LogP contribution in [0.3, 0.4) is 0 Å². The minimum absolute atomic E-state index is 0.0504. The second-order valence-electron chi connectivity index (χ2n) is 7.29. The van der Waals surface area contributed by atoms with Crippen LogP contribution in [-0.4, -0.2) is 61.9 Å². The van der Waals surface area contributed by atoms with Gasteiger partial charge in [-0.15, -0.1) is 0 Å². The summed E-state index contributed by atoms with van der Waals surface area (Å²) in [6.07, 6.45) is 0. The van der Waals surface area contributed by atoms with E-state index in [1.165, 1.54) is 12.1 Å². The third-order valence-corrected chi connectivity index (χ3v) is 5.31. The third kappa shape index (κ3) is 6.41. The standard InChI is InChI=1S/C22H28ClN5O4/c1-5-27(6-2)12-11-24-22(30)17-14-16(8-10-19(17)26(3)4)25-21(29)15-7-9-18(23)20(13-15)28(31)32/h7-10,13-14H,5-6,11-12H2,1-4H3,(H,24,30)(H,25,29). The summed E-state index contributed by atoms with van der Waals surface area (Å²) in [6.45, 7) is 7.17. The molecular formula is C22H28ClN5O4. The van der Waals surface area contributed by atoms with Gasteiger partial charge in [-0.2, -0.15) is 0 Å². The molecule has 0 atom stereocenters. The number of hydrogen-bond acceptors (Lipinski definition) is 6. The first-order chi connectivity index (χ1) is 15.2. The Morgan fingerprint density at radius 3 is 2.34 bits per heavy atom. The zero-order chi connectivity index (χ0) is 23.8. The van der Waals surface area contributed by atoms with Crippen molar-refractivity contribution in [3.63, 3.8) is 0 Å². The van der Waals surface area contributed by atoms with Gasteiger partial charge < -0.3 is 20.4 Å². The fourth-order valence-electron chi connectivity index (χ4n) is 3.15. The summed E-state index contributed by atoms with van der Waals surface area (Å²) >= 11 is 5.81. The predicted octanol–water partition coefficient (Wildman–Crippen LogP) is 3.64. The molecule has 2 amide bonds. The molecule has 0 unspecified atom stereocenters. The maximum Gasteiger partial charge on any atom is 0.288 e. The summed E-state index contributed by atoms with van der Waals surface area (Å²) in [5.74, 6) is -0.797. The number of hydrogen-bond donors (Lipinski definition) is 2. The first-order valence-corrected chi connectivity index (χ1v) is 10.6. The van der Waals surface area contributed by atoms with E-state index >= 15 is 0 Å². The molecule has 32 heavy (non-hydrogen) atoms. The van der Waals surface area contributed by atoms with Gasteiger partial charge in [0, 0.05) is 50.2 Å². The van der Waals surface area contributed by atoms with Crippen LogP contribution in [-0.2, 0) is 0 Å². The topological polar surface area (TPSA) is 108 Å². The van der Waals surface area contributed by atoms with E-state index in [1.54, 1.807) is 18.2 Å². The summed E-state index contributed by atoms with van der Waals surface area (Å²) in [5.41, 5.74) is 1.24. The number of halogens is 1. The monoisotopic (exact) mass is 461 g/mol. The van der Waals surface area contributed by atoms with Gasteiger partial charge in [0.2, 0.25) is 0 Å². The molecule has 2 N–H and O–H groups in total. The molecule has 9 nitrogen and oxygen atoms in total. The number of nitrogens with zero attached hydrogens (tertiary/aromatic N) is 3. The third-order valence-electron chi connectivity index (χ3n) is 4.99. The van der Waals surface area contributed by atoms with Gasteiger partial charge in [0.25, 0.3) is 17.5 Å². The van der Waals surface area contributed by atoms with Gasteiger partial charge in [-0.3, -0.25) is 19.7 Å².